The lowest BCUT2D eigenvalue weighted by Gasteiger charge is -2.61. The molecule has 1 spiro atoms. The number of esters is 3. The third-order valence-corrected chi connectivity index (χ3v) is 13.5. The van der Waals surface area contributed by atoms with Crippen molar-refractivity contribution in [1.82, 2.24) is 4.90 Å². The normalized spacial score (nSPS) is 40.2. The van der Waals surface area contributed by atoms with Crippen molar-refractivity contribution in [3.05, 3.63) is 47.1 Å². The van der Waals surface area contributed by atoms with Gasteiger partial charge in [-0.15, -0.1) is 0 Å². The Morgan fingerprint density at radius 2 is 1.67 bits per heavy atom. The molecule has 0 bridgehead atoms. The number of aliphatic hydroxyl groups is 1. The first-order chi connectivity index (χ1) is 23.7. The smallest absolute Gasteiger partial charge is 0.333 e. The fraction of sp³-hybridized carbons (Fsp3) is 0.675. The molecule has 1 N–H and O–H groups in total. The molecular weight excluding hydrogens is 654 g/mol. The fourth-order valence-corrected chi connectivity index (χ4v) is 10.7. The van der Waals surface area contributed by atoms with Crippen LogP contribution in [0.2, 0.25) is 0 Å². The maximum absolute atomic E-state index is 14.1. The molecule has 4 aliphatic carbocycles. The molecular formula is C40H53NO10. The lowest BCUT2D eigenvalue weighted by molar-refractivity contribution is -0.225. The van der Waals surface area contributed by atoms with Gasteiger partial charge < -0.3 is 29.0 Å². The summed E-state index contributed by atoms with van der Waals surface area (Å²) in [5.41, 5.74) is -2.35. The Morgan fingerprint density at radius 1 is 1.00 bits per heavy atom. The molecule has 1 amide bonds. The lowest BCUT2D eigenvalue weighted by Crippen LogP contribution is -2.70. The molecule has 2 aliphatic heterocycles. The predicted octanol–water partition coefficient (Wildman–Crippen LogP) is 4.71. The van der Waals surface area contributed by atoms with Crippen LogP contribution in [-0.4, -0.2) is 87.3 Å². The first-order valence-electron chi connectivity index (χ1n) is 18.4. The Bertz CT molecular complexity index is 1660. The van der Waals surface area contributed by atoms with E-state index < -0.39 is 70.2 Å². The Morgan fingerprint density at radius 3 is 2.27 bits per heavy atom. The second-order valence-corrected chi connectivity index (χ2v) is 16.6. The van der Waals surface area contributed by atoms with Gasteiger partial charge in [-0.25, -0.2) is 9.59 Å². The molecule has 11 heteroatoms. The number of epoxide rings is 1. The van der Waals surface area contributed by atoms with Crippen molar-refractivity contribution >= 4 is 29.6 Å². The van der Waals surface area contributed by atoms with Gasteiger partial charge in [-0.2, -0.15) is 0 Å². The molecule has 1 saturated heterocycles. The maximum Gasteiger partial charge on any atom is 0.333 e. The summed E-state index contributed by atoms with van der Waals surface area (Å²) in [6, 6.07) is -0.114. The van der Waals surface area contributed by atoms with Crippen LogP contribution in [0.15, 0.2) is 47.1 Å². The van der Waals surface area contributed by atoms with Crippen LogP contribution in [-0.2, 0) is 42.9 Å². The monoisotopic (exact) mass is 707 g/mol. The van der Waals surface area contributed by atoms with Crippen molar-refractivity contribution in [1.29, 1.82) is 0 Å². The summed E-state index contributed by atoms with van der Waals surface area (Å²) in [5.74, 6) is -3.31. The number of allylic oxidation sites excluding steroid dienone is 1. The Hall–Kier alpha value is -3.57. The van der Waals surface area contributed by atoms with E-state index in [2.05, 4.69) is 0 Å². The third-order valence-electron chi connectivity index (χ3n) is 13.5. The number of carbonyl (C=O) groups excluding carboxylic acids is 5. The molecule has 51 heavy (non-hydrogen) atoms. The number of fused-ring (bicyclic) bond motifs is 4. The zero-order valence-corrected chi connectivity index (χ0v) is 31.5. The highest BCUT2D eigenvalue weighted by atomic mass is 16.7. The van der Waals surface area contributed by atoms with E-state index in [-0.39, 0.29) is 35.7 Å². The zero-order valence-electron chi connectivity index (χ0n) is 31.5. The van der Waals surface area contributed by atoms with E-state index in [1.165, 1.54) is 19.1 Å². The second-order valence-electron chi connectivity index (χ2n) is 16.6. The van der Waals surface area contributed by atoms with Crippen LogP contribution in [0.5, 0.6) is 0 Å². The number of rotatable bonds is 8. The van der Waals surface area contributed by atoms with Crippen LogP contribution in [0.4, 0.5) is 0 Å². The van der Waals surface area contributed by atoms with Crippen molar-refractivity contribution in [3.8, 4) is 0 Å². The van der Waals surface area contributed by atoms with Crippen molar-refractivity contribution in [3.63, 3.8) is 0 Å². The number of cyclic esters (lactones) is 1. The quantitative estimate of drug-likeness (QED) is 0.124. The molecule has 0 radical (unpaired) electrons. The van der Waals surface area contributed by atoms with Gasteiger partial charge in [0, 0.05) is 54.5 Å². The van der Waals surface area contributed by atoms with Crippen molar-refractivity contribution in [2.75, 3.05) is 0 Å². The molecule has 0 aromatic carbocycles. The number of carbonyl (C=O) groups is 5. The molecule has 0 unspecified atom stereocenters. The Balaban J connectivity index is 1.30. The number of hydrogen-bond acceptors (Lipinski definition) is 10. The summed E-state index contributed by atoms with van der Waals surface area (Å²) >= 11 is 0. The van der Waals surface area contributed by atoms with E-state index >= 15 is 0 Å². The minimum absolute atomic E-state index is 0.0572. The summed E-state index contributed by atoms with van der Waals surface area (Å²) in [6.07, 6.45) is 6.24. The molecule has 0 aromatic rings. The van der Waals surface area contributed by atoms with E-state index in [0.29, 0.717) is 31.3 Å². The topological polar surface area (TPSA) is 149 Å². The zero-order chi connectivity index (χ0) is 37.6. The third kappa shape index (κ3) is 5.31. The number of amides is 1. The maximum atomic E-state index is 14.1. The van der Waals surface area contributed by atoms with Gasteiger partial charge in [-0.3, -0.25) is 14.4 Å². The van der Waals surface area contributed by atoms with Crippen LogP contribution >= 0.6 is 0 Å². The molecule has 3 fully saturated rings. The SMILES string of the molecule is CC(=O)O[C@H]1C=C([C@H](C)[C@H]2CC(C)=C(C)C(=O)O2)[C@@]2(C)CC[C@H]3[C@@H](C[C@H]4O[C@]45[C@@H](OC(=O)/C=C/C(=O)N(C(C)C)C(C)C)C=CC(=O)[C@]35C)[C@]12O. The minimum Gasteiger partial charge on any atom is -0.458 e. The molecule has 6 rings (SSSR count). The van der Waals surface area contributed by atoms with Crippen molar-refractivity contribution < 1.29 is 48.0 Å². The average Bonchev–Trinajstić information content (AvgIpc) is 3.73. The van der Waals surface area contributed by atoms with Gasteiger partial charge >= 0.3 is 17.9 Å². The van der Waals surface area contributed by atoms with Gasteiger partial charge in [0.05, 0.1) is 11.5 Å². The van der Waals surface area contributed by atoms with E-state index in [1.54, 1.807) is 17.9 Å². The van der Waals surface area contributed by atoms with E-state index in [9.17, 15) is 29.1 Å². The van der Waals surface area contributed by atoms with Gasteiger partial charge in [0.25, 0.3) is 0 Å². The van der Waals surface area contributed by atoms with Gasteiger partial charge in [0.2, 0.25) is 5.91 Å². The second kappa shape index (κ2) is 12.5. The molecule has 2 heterocycles. The van der Waals surface area contributed by atoms with E-state index in [1.807, 2.05) is 61.5 Å². The van der Waals surface area contributed by atoms with Gasteiger partial charge in [0.15, 0.2) is 11.9 Å². The molecule has 0 aromatic heterocycles. The standard InChI is InChI=1S/C40H53NO10/c1-20(2)41(21(3)4)34(44)13-14-35(45)50-31-12-11-30(43)38(10)26-15-16-37(9)27(24(7)29-17-22(5)23(6)36(46)49-29)18-32(48-25(8)42)39(37,47)28(26)19-33-40(31,38)51-33/h11-14,18,20-21,24,26,28-29,31-33,47H,15-17,19H2,1-10H3/b14-13+/t24-,26-,28+,29+,31-,32-,33+,37+,38-,39-,40+/m0/s1. The summed E-state index contributed by atoms with van der Waals surface area (Å²) in [6.45, 7) is 18.4. The molecule has 6 aliphatic rings. The Labute approximate surface area is 300 Å². The van der Waals surface area contributed by atoms with Crippen LogP contribution in [0, 0.1) is 28.6 Å². The summed E-state index contributed by atoms with van der Waals surface area (Å²) in [5, 5.41) is 13.2. The summed E-state index contributed by atoms with van der Waals surface area (Å²) < 4.78 is 24.2. The molecule has 11 atom stereocenters. The van der Waals surface area contributed by atoms with E-state index in [0.717, 1.165) is 17.2 Å². The Kier molecular flexibility index (Phi) is 9.14. The highest BCUT2D eigenvalue weighted by molar-refractivity contribution is 5.99. The van der Waals surface area contributed by atoms with Crippen LogP contribution < -0.4 is 0 Å². The molecule has 2 saturated carbocycles. The number of nitrogens with zero attached hydrogens (tertiary/aromatic N) is 1. The van der Waals surface area contributed by atoms with Crippen LogP contribution in [0.3, 0.4) is 0 Å². The fourth-order valence-electron chi connectivity index (χ4n) is 10.7. The highest BCUT2D eigenvalue weighted by Crippen LogP contribution is 2.74. The van der Waals surface area contributed by atoms with Gasteiger partial charge in [0.1, 0.15) is 23.4 Å². The van der Waals surface area contributed by atoms with Crippen molar-refractivity contribution in [2.24, 2.45) is 28.6 Å². The number of ketones is 1. The predicted molar refractivity (Wildman–Crippen MR) is 186 cm³/mol. The van der Waals surface area contributed by atoms with Gasteiger partial charge in [-0.05, 0) is 97.8 Å². The lowest BCUT2D eigenvalue weighted by atomic mass is 9.42. The number of ether oxygens (including phenoxy) is 4. The van der Waals surface area contributed by atoms with Gasteiger partial charge in [-0.1, -0.05) is 25.0 Å². The summed E-state index contributed by atoms with van der Waals surface area (Å²) in [7, 11) is 0. The first kappa shape index (κ1) is 37.2. The largest absolute Gasteiger partial charge is 0.458 e. The minimum atomic E-state index is -1.60. The van der Waals surface area contributed by atoms with Crippen LogP contribution in [0.25, 0.3) is 0 Å². The summed E-state index contributed by atoms with van der Waals surface area (Å²) in [4.78, 5) is 67.0. The number of hydrogen-bond donors (Lipinski definition) is 1. The van der Waals surface area contributed by atoms with E-state index in [4.69, 9.17) is 18.9 Å². The average molecular weight is 708 g/mol. The first-order valence-corrected chi connectivity index (χ1v) is 18.4. The highest BCUT2D eigenvalue weighted by Gasteiger charge is 2.83. The van der Waals surface area contributed by atoms with Crippen molar-refractivity contribution in [2.45, 2.75) is 143 Å². The molecule has 11 nitrogen and oxygen atoms in total. The molecule has 278 valence electrons. The van der Waals surface area contributed by atoms with Crippen LogP contribution in [0.1, 0.15) is 94.9 Å².